The lowest BCUT2D eigenvalue weighted by Crippen LogP contribution is -2.12. The molecule has 0 saturated heterocycles. The van der Waals surface area contributed by atoms with Crippen molar-refractivity contribution in [1.82, 2.24) is 4.90 Å². The molecule has 0 saturated carbocycles. The lowest BCUT2D eigenvalue weighted by molar-refractivity contribution is 0.389. The number of rotatable bonds is 18. The number of nitrogens with zero attached hydrogens (tertiary/aromatic N) is 1. The van der Waals surface area contributed by atoms with Crippen LogP contribution in [0.25, 0.3) is 0 Å². The van der Waals surface area contributed by atoms with Crippen LogP contribution in [0.15, 0.2) is 0 Å². The topological polar surface area (TPSA) is 3.24 Å². The van der Waals surface area contributed by atoms with Crippen molar-refractivity contribution in [3.63, 3.8) is 0 Å². The molecule has 0 aliphatic heterocycles. The Morgan fingerprint density at radius 1 is 0.480 bits per heavy atom. The van der Waals surface area contributed by atoms with Gasteiger partial charge in [-0.15, -0.1) is 11.6 Å². The Bertz CT molecular complexity index is 204. The molecule has 0 bridgehead atoms. The molecule has 0 aliphatic carbocycles. The Hall–Kier alpha value is 0.250. The van der Waals surface area contributed by atoms with Gasteiger partial charge < -0.3 is 4.90 Å². The lowest BCUT2D eigenvalue weighted by atomic mass is 10.0. The Labute approximate surface area is 166 Å². The maximum Gasteiger partial charge on any atom is 0.0220 e. The molecule has 0 radical (unpaired) electrons. The maximum absolute atomic E-state index is 5.19. The second-order valence-corrected chi connectivity index (χ2v) is 8.17. The van der Waals surface area contributed by atoms with Crippen LogP contribution in [0.1, 0.15) is 123 Å². The van der Waals surface area contributed by atoms with Gasteiger partial charge in [0, 0.05) is 5.88 Å². The summed E-state index contributed by atoms with van der Waals surface area (Å²) < 4.78 is 0. The van der Waals surface area contributed by atoms with Gasteiger partial charge in [-0.2, -0.15) is 0 Å². The van der Waals surface area contributed by atoms with Gasteiger partial charge >= 0.3 is 0 Å². The fourth-order valence-electron chi connectivity index (χ4n) is 2.98. The predicted octanol–water partition coefficient (Wildman–Crippen LogP) is 8.44. The molecule has 0 aromatic heterocycles. The number of unbranched alkanes of at least 4 members (excludes halogenated alkanes) is 15. The predicted molar refractivity (Wildman–Crippen MR) is 119 cm³/mol. The third-order valence-corrected chi connectivity index (χ3v) is 5.03. The Morgan fingerprint density at radius 2 is 0.760 bits per heavy atom. The summed E-state index contributed by atoms with van der Waals surface area (Å²) in [7, 11) is 4.34. The Kier molecular flexibility index (Phi) is 29.1. The summed E-state index contributed by atoms with van der Waals surface area (Å²) in [6, 6.07) is 0. The van der Waals surface area contributed by atoms with E-state index >= 15 is 0 Å². The van der Waals surface area contributed by atoms with Gasteiger partial charge in [0.2, 0.25) is 0 Å². The van der Waals surface area contributed by atoms with E-state index in [1.807, 2.05) is 6.92 Å². The number of halogens is 1. The highest BCUT2D eigenvalue weighted by Crippen LogP contribution is 2.13. The molecule has 0 spiro atoms. The standard InChI is InChI=1S/C20H43N.C3H7Cl/c1-4-5-6-7-8-9-10-11-12-13-14-15-16-17-18-19-20-21(2)3;1-2-3-4/h4-20H2,1-3H3;2-3H2,1H3. The molecular formula is C23H50ClN. The minimum atomic E-state index is 0.792. The molecule has 0 rings (SSSR count). The first-order valence-corrected chi connectivity index (χ1v) is 11.9. The molecule has 0 aromatic rings. The van der Waals surface area contributed by atoms with Crippen molar-refractivity contribution in [3.8, 4) is 0 Å². The van der Waals surface area contributed by atoms with Crippen LogP contribution in [-0.4, -0.2) is 31.4 Å². The first kappa shape index (κ1) is 27.5. The average Bonchev–Trinajstić information content (AvgIpc) is 2.61. The summed E-state index contributed by atoms with van der Waals surface area (Å²) in [6.07, 6.45) is 24.4. The zero-order valence-electron chi connectivity index (χ0n) is 18.3. The van der Waals surface area contributed by atoms with Crippen molar-refractivity contribution >= 4 is 11.6 Å². The lowest BCUT2D eigenvalue weighted by Gasteiger charge is -2.08. The normalized spacial score (nSPS) is 10.8. The second-order valence-electron chi connectivity index (χ2n) is 7.80. The van der Waals surface area contributed by atoms with E-state index in [1.165, 1.54) is 109 Å². The van der Waals surface area contributed by atoms with Gasteiger partial charge in [-0.3, -0.25) is 0 Å². The molecule has 0 fully saturated rings. The summed E-state index contributed by atoms with van der Waals surface area (Å²) in [5, 5.41) is 0. The van der Waals surface area contributed by atoms with E-state index in [2.05, 4.69) is 25.9 Å². The van der Waals surface area contributed by atoms with Crippen LogP contribution in [0.3, 0.4) is 0 Å². The molecule has 0 amide bonds. The number of alkyl halides is 1. The molecule has 0 unspecified atom stereocenters. The smallest absolute Gasteiger partial charge is 0.0220 e. The summed E-state index contributed by atoms with van der Waals surface area (Å²) in [6.45, 7) is 5.61. The molecular weight excluding hydrogens is 326 g/mol. The number of hydrogen-bond donors (Lipinski definition) is 0. The van der Waals surface area contributed by atoms with Crippen LogP contribution in [-0.2, 0) is 0 Å². The van der Waals surface area contributed by atoms with E-state index in [0.717, 1.165) is 12.3 Å². The van der Waals surface area contributed by atoms with Gasteiger partial charge in [-0.1, -0.05) is 110 Å². The van der Waals surface area contributed by atoms with Gasteiger partial charge in [0.25, 0.3) is 0 Å². The molecule has 154 valence electrons. The molecule has 0 aliphatic rings. The van der Waals surface area contributed by atoms with E-state index in [4.69, 9.17) is 11.6 Å². The van der Waals surface area contributed by atoms with Crippen LogP contribution in [0.5, 0.6) is 0 Å². The largest absolute Gasteiger partial charge is 0.309 e. The van der Waals surface area contributed by atoms with Crippen molar-refractivity contribution < 1.29 is 0 Å². The highest BCUT2D eigenvalue weighted by Gasteiger charge is 1.95. The summed E-state index contributed by atoms with van der Waals surface area (Å²) >= 11 is 5.19. The Morgan fingerprint density at radius 3 is 1.00 bits per heavy atom. The zero-order chi connectivity index (χ0) is 19.0. The van der Waals surface area contributed by atoms with Gasteiger partial charge in [-0.25, -0.2) is 0 Å². The van der Waals surface area contributed by atoms with Gasteiger partial charge in [-0.05, 0) is 33.5 Å². The van der Waals surface area contributed by atoms with Crippen molar-refractivity contribution in [2.45, 2.75) is 123 Å². The zero-order valence-corrected chi connectivity index (χ0v) is 19.0. The molecule has 1 nitrogen and oxygen atoms in total. The average molecular weight is 376 g/mol. The van der Waals surface area contributed by atoms with Crippen LogP contribution in [0, 0.1) is 0 Å². The van der Waals surface area contributed by atoms with Crippen LogP contribution in [0.2, 0.25) is 0 Å². The van der Waals surface area contributed by atoms with E-state index in [0.29, 0.717) is 0 Å². The molecule has 0 atom stereocenters. The first-order chi connectivity index (χ1) is 12.2. The monoisotopic (exact) mass is 375 g/mol. The van der Waals surface area contributed by atoms with Crippen molar-refractivity contribution in [2.24, 2.45) is 0 Å². The van der Waals surface area contributed by atoms with Crippen molar-refractivity contribution in [1.29, 1.82) is 0 Å². The van der Waals surface area contributed by atoms with Crippen molar-refractivity contribution in [3.05, 3.63) is 0 Å². The molecule has 0 aromatic carbocycles. The fraction of sp³-hybridized carbons (Fsp3) is 1.00. The minimum absolute atomic E-state index is 0.792. The fourth-order valence-corrected chi connectivity index (χ4v) is 2.98. The second kappa shape index (κ2) is 26.5. The molecule has 0 heterocycles. The van der Waals surface area contributed by atoms with Crippen LogP contribution in [0.4, 0.5) is 0 Å². The summed E-state index contributed by atoms with van der Waals surface area (Å²) in [5.74, 6) is 0.792. The summed E-state index contributed by atoms with van der Waals surface area (Å²) in [4.78, 5) is 2.30. The molecule has 25 heavy (non-hydrogen) atoms. The molecule has 2 heteroatoms. The van der Waals surface area contributed by atoms with Crippen LogP contribution < -0.4 is 0 Å². The van der Waals surface area contributed by atoms with E-state index in [-0.39, 0.29) is 0 Å². The first-order valence-electron chi connectivity index (χ1n) is 11.4. The van der Waals surface area contributed by atoms with E-state index < -0.39 is 0 Å². The van der Waals surface area contributed by atoms with Crippen molar-refractivity contribution in [2.75, 3.05) is 26.5 Å². The van der Waals surface area contributed by atoms with E-state index in [1.54, 1.807) is 0 Å². The SMILES string of the molecule is CCCCCCCCCCCCCCCCCCN(C)C.CCCCl. The molecule has 0 N–H and O–H groups in total. The number of hydrogen-bond acceptors (Lipinski definition) is 1. The Balaban J connectivity index is 0. The quantitative estimate of drug-likeness (QED) is 0.171. The minimum Gasteiger partial charge on any atom is -0.309 e. The van der Waals surface area contributed by atoms with Crippen LogP contribution >= 0.6 is 11.6 Å². The third kappa shape index (κ3) is 32.4. The maximum atomic E-state index is 5.19. The van der Waals surface area contributed by atoms with E-state index in [9.17, 15) is 0 Å². The highest BCUT2D eigenvalue weighted by atomic mass is 35.5. The van der Waals surface area contributed by atoms with Gasteiger partial charge in [0.1, 0.15) is 0 Å². The highest BCUT2D eigenvalue weighted by molar-refractivity contribution is 6.17. The third-order valence-electron chi connectivity index (χ3n) is 4.65. The van der Waals surface area contributed by atoms with Gasteiger partial charge in [0.05, 0.1) is 0 Å². The summed E-state index contributed by atoms with van der Waals surface area (Å²) in [5.41, 5.74) is 0. The van der Waals surface area contributed by atoms with Gasteiger partial charge in [0.15, 0.2) is 0 Å².